The minimum atomic E-state index is -0.347. The number of nitrogens with one attached hydrogen (secondary N) is 2. The molecule has 1 aliphatic heterocycles. The van der Waals surface area contributed by atoms with Crippen LogP contribution in [0.4, 0.5) is 4.79 Å². The molecule has 1 aliphatic rings. The molecule has 2 atom stereocenters. The molecule has 1 heterocycles. The summed E-state index contributed by atoms with van der Waals surface area (Å²) < 4.78 is 5.25. The first-order valence-corrected chi connectivity index (χ1v) is 6.66. The fraction of sp³-hybridized carbons (Fsp3) is 0.923. The molecule has 0 aromatic heterocycles. The summed E-state index contributed by atoms with van der Waals surface area (Å²) in [6, 6.07) is -0.138. The van der Waals surface area contributed by atoms with Crippen LogP contribution in [0.15, 0.2) is 0 Å². The molecule has 5 heteroatoms. The van der Waals surface area contributed by atoms with Crippen molar-refractivity contribution >= 4 is 6.03 Å². The molecular formula is C13H26N2O3. The van der Waals surface area contributed by atoms with Crippen LogP contribution in [-0.4, -0.2) is 43.5 Å². The van der Waals surface area contributed by atoms with E-state index in [9.17, 15) is 9.90 Å². The topological polar surface area (TPSA) is 70.6 Å². The van der Waals surface area contributed by atoms with E-state index < -0.39 is 0 Å². The van der Waals surface area contributed by atoms with Gasteiger partial charge < -0.3 is 20.5 Å². The second-order valence-electron chi connectivity index (χ2n) is 6.01. The lowest BCUT2D eigenvalue weighted by Crippen LogP contribution is -2.43. The van der Waals surface area contributed by atoms with Crippen LogP contribution >= 0.6 is 0 Å². The number of aliphatic hydroxyl groups is 1. The summed E-state index contributed by atoms with van der Waals surface area (Å²) in [5, 5.41) is 15.1. The maximum Gasteiger partial charge on any atom is 0.314 e. The van der Waals surface area contributed by atoms with Crippen LogP contribution in [0, 0.1) is 11.3 Å². The Balaban J connectivity index is 2.15. The molecule has 18 heavy (non-hydrogen) atoms. The largest absolute Gasteiger partial charge is 0.393 e. The first-order valence-electron chi connectivity index (χ1n) is 6.66. The van der Waals surface area contributed by atoms with Gasteiger partial charge in [0.1, 0.15) is 0 Å². The Morgan fingerprint density at radius 1 is 1.50 bits per heavy atom. The van der Waals surface area contributed by atoms with E-state index in [0.717, 1.165) is 19.6 Å². The smallest absolute Gasteiger partial charge is 0.314 e. The maximum atomic E-state index is 11.6. The summed E-state index contributed by atoms with van der Waals surface area (Å²) in [5.41, 5.74) is -0.0953. The molecule has 3 N–H and O–H groups in total. The molecule has 0 unspecified atom stereocenters. The highest BCUT2D eigenvalue weighted by molar-refractivity contribution is 5.73. The van der Waals surface area contributed by atoms with Gasteiger partial charge in [-0.3, -0.25) is 0 Å². The van der Waals surface area contributed by atoms with Crippen molar-refractivity contribution in [1.29, 1.82) is 0 Å². The molecule has 0 bridgehead atoms. The van der Waals surface area contributed by atoms with E-state index in [4.69, 9.17) is 4.74 Å². The van der Waals surface area contributed by atoms with Crippen molar-refractivity contribution in [2.75, 3.05) is 26.3 Å². The average molecular weight is 258 g/mol. The zero-order valence-corrected chi connectivity index (χ0v) is 11.7. The Labute approximate surface area is 109 Å². The van der Waals surface area contributed by atoms with E-state index in [2.05, 4.69) is 10.6 Å². The van der Waals surface area contributed by atoms with Crippen molar-refractivity contribution in [2.24, 2.45) is 11.3 Å². The van der Waals surface area contributed by atoms with Gasteiger partial charge in [0.15, 0.2) is 0 Å². The molecule has 0 aliphatic carbocycles. The molecule has 0 spiro atoms. The van der Waals surface area contributed by atoms with Crippen molar-refractivity contribution < 1.29 is 14.6 Å². The maximum absolute atomic E-state index is 11.6. The van der Waals surface area contributed by atoms with E-state index in [-0.39, 0.29) is 17.6 Å². The molecule has 0 saturated carbocycles. The van der Waals surface area contributed by atoms with E-state index in [1.54, 1.807) is 6.92 Å². The quantitative estimate of drug-likeness (QED) is 0.668. The normalized spacial score (nSPS) is 21.7. The molecule has 0 aromatic carbocycles. The number of ether oxygens (including phenoxy) is 1. The second-order valence-corrected chi connectivity index (χ2v) is 6.01. The Kier molecular flexibility index (Phi) is 5.88. The van der Waals surface area contributed by atoms with Gasteiger partial charge in [0.25, 0.3) is 0 Å². The van der Waals surface area contributed by atoms with Gasteiger partial charge in [-0.05, 0) is 25.2 Å². The number of hydrogen-bond donors (Lipinski definition) is 3. The minimum Gasteiger partial charge on any atom is -0.393 e. The predicted molar refractivity (Wildman–Crippen MR) is 70.4 cm³/mol. The Hall–Kier alpha value is -0.810. The van der Waals surface area contributed by atoms with Crippen molar-refractivity contribution in [1.82, 2.24) is 10.6 Å². The van der Waals surface area contributed by atoms with Crippen molar-refractivity contribution in [3.8, 4) is 0 Å². The van der Waals surface area contributed by atoms with Gasteiger partial charge >= 0.3 is 6.03 Å². The van der Waals surface area contributed by atoms with Gasteiger partial charge in [0.05, 0.1) is 12.7 Å². The van der Waals surface area contributed by atoms with E-state index in [1.807, 2.05) is 13.8 Å². The molecule has 5 nitrogen and oxygen atoms in total. The molecular weight excluding hydrogens is 232 g/mol. The van der Waals surface area contributed by atoms with Gasteiger partial charge in [-0.15, -0.1) is 0 Å². The first kappa shape index (κ1) is 15.2. The molecule has 106 valence electrons. The van der Waals surface area contributed by atoms with Crippen LogP contribution < -0.4 is 10.6 Å². The van der Waals surface area contributed by atoms with Gasteiger partial charge in [-0.2, -0.15) is 0 Å². The fourth-order valence-electron chi connectivity index (χ4n) is 2.24. The van der Waals surface area contributed by atoms with Gasteiger partial charge in [0.2, 0.25) is 0 Å². The molecule has 0 radical (unpaired) electrons. The summed E-state index contributed by atoms with van der Waals surface area (Å²) in [5.74, 6) is 0.446. The van der Waals surface area contributed by atoms with Crippen LogP contribution in [0.3, 0.4) is 0 Å². The van der Waals surface area contributed by atoms with Crippen LogP contribution in [0.1, 0.15) is 33.6 Å². The number of urea groups is 1. The summed E-state index contributed by atoms with van der Waals surface area (Å²) >= 11 is 0. The molecule has 1 rings (SSSR count). The molecule has 0 aromatic rings. The standard InChI is InChI=1S/C13H26N2O3/c1-10(16)6-13(2,3)9-15-12(17)14-7-11-4-5-18-8-11/h10-11,16H,4-9H2,1-3H3,(H2,14,15,17)/t10-,11-/m1/s1. The molecule has 1 fully saturated rings. The summed E-state index contributed by atoms with van der Waals surface area (Å²) in [6.07, 6.45) is 1.35. The van der Waals surface area contributed by atoms with Crippen molar-refractivity contribution in [3.05, 3.63) is 0 Å². The third-order valence-corrected chi connectivity index (χ3v) is 3.15. The fourth-order valence-corrected chi connectivity index (χ4v) is 2.24. The zero-order valence-electron chi connectivity index (χ0n) is 11.7. The molecule has 2 amide bonds. The Morgan fingerprint density at radius 3 is 2.78 bits per heavy atom. The predicted octanol–water partition coefficient (Wildman–Crippen LogP) is 1.12. The summed E-state index contributed by atoms with van der Waals surface area (Å²) in [4.78, 5) is 11.6. The van der Waals surface area contributed by atoms with Crippen LogP contribution in [0.5, 0.6) is 0 Å². The van der Waals surface area contributed by atoms with E-state index in [0.29, 0.717) is 25.4 Å². The third kappa shape index (κ3) is 6.21. The van der Waals surface area contributed by atoms with Crippen LogP contribution in [0.2, 0.25) is 0 Å². The van der Waals surface area contributed by atoms with E-state index >= 15 is 0 Å². The Bertz CT molecular complexity index is 261. The SMILES string of the molecule is C[C@@H](O)CC(C)(C)CNC(=O)NC[C@H]1CCOC1. The number of hydrogen-bond acceptors (Lipinski definition) is 3. The lowest BCUT2D eigenvalue weighted by Gasteiger charge is -2.26. The number of rotatable bonds is 6. The zero-order chi connectivity index (χ0) is 13.6. The lowest BCUT2D eigenvalue weighted by atomic mass is 9.87. The summed E-state index contributed by atoms with van der Waals surface area (Å²) in [6.45, 7) is 8.61. The minimum absolute atomic E-state index is 0.0953. The highest BCUT2D eigenvalue weighted by atomic mass is 16.5. The highest BCUT2D eigenvalue weighted by Gasteiger charge is 2.21. The third-order valence-electron chi connectivity index (χ3n) is 3.15. The number of aliphatic hydroxyl groups excluding tert-OH is 1. The van der Waals surface area contributed by atoms with Crippen LogP contribution in [-0.2, 0) is 4.74 Å². The number of carbonyl (C=O) groups excluding carboxylic acids is 1. The summed E-state index contributed by atoms with van der Waals surface area (Å²) in [7, 11) is 0. The van der Waals surface area contributed by atoms with Gasteiger partial charge in [-0.25, -0.2) is 4.79 Å². The highest BCUT2D eigenvalue weighted by Crippen LogP contribution is 2.20. The van der Waals surface area contributed by atoms with Crippen molar-refractivity contribution in [2.45, 2.75) is 39.7 Å². The second kappa shape index (κ2) is 6.95. The monoisotopic (exact) mass is 258 g/mol. The van der Waals surface area contributed by atoms with E-state index in [1.165, 1.54) is 0 Å². The number of amides is 2. The molecule has 1 saturated heterocycles. The first-order chi connectivity index (χ1) is 8.39. The van der Waals surface area contributed by atoms with Gasteiger partial charge in [0, 0.05) is 25.6 Å². The number of carbonyl (C=O) groups is 1. The van der Waals surface area contributed by atoms with Crippen molar-refractivity contribution in [3.63, 3.8) is 0 Å². The van der Waals surface area contributed by atoms with Crippen LogP contribution in [0.25, 0.3) is 0 Å². The average Bonchev–Trinajstić information content (AvgIpc) is 2.74. The van der Waals surface area contributed by atoms with Gasteiger partial charge in [-0.1, -0.05) is 13.8 Å². The lowest BCUT2D eigenvalue weighted by molar-refractivity contribution is 0.128. The Morgan fingerprint density at radius 2 is 2.22 bits per heavy atom.